The molecule has 3 rings (SSSR count). The quantitative estimate of drug-likeness (QED) is 0.538. The number of hydrogen-bond acceptors (Lipinski definition) is 7. The van der Waals surface area contributed by atoms with Crippen LogP contribution in [0.15, 0.2) is 36.7 Å². The molecular formula is C21H23F2N5O4. The van der Waals surface area contributed by atoms with Gasteiger partial charge >= 0.3 is 5.92 Å². The monoisotopic (exact) mass is 447 g/mol. The number of carbonyl (C=O) groups excluding carboxylic acids is 2. The van der Waals surface area contributed by atoms with Crippen LogP contribution in [-0.2, 0) is 11.3 Å². The zero-order chi connectivity index (χ0) is 23.3. The van der Waals surface area contributed by atoms with Crippen LogP contribution in [0.25, 0.3) is 0 Å². The molecule has 2 amide bonds. The maximum absolute atomic E-state index is 13.7. The van der Waals surface area contributed by atoms with E-state index in [2.05, 4.69) is 32.2 Å². The Balaban J connectivity index is 1.59. The number of pyridine rings is 1. The molecule has 1 fully saturated rings. The molecule has 2 aromatic heterocycles. The summed E-state index contributed by atoms with van der Waals surface area (Å²) in [6.07, 6.45) is 4.42. The number of nitrogens with zero attached hydrogens (tertiary/aromatic N) is 3. The van der Waals surface area contributed by atoms with Gasteiger partial charge in [-0.15, -0.1) is 0 Å². The summed E-state index contributed by atoms with van der Waals surface area (Å²) in [7, 11) is 1.35. The van der Waals surface area contributed by atoms with Crippen molar-refractivity contribution in [2.75, 3.05) is 19.0 Å². The normalized spacial score (nSPS) is 13.2. The van der Waals surface area contributed by atoms with Gasteiger partial charge in [-0.25, -0.2) is 15.0 Å². The lowest BCUT2D eigenvalue weighted by Crippen LogP contribution is -2.27. The smallest absolute Gasteiger partial charge is 0.302 e. The lowest BCUT2D eigenvalue weighted by atomic mass is 10.2. The van der Waals surface area contributed by atoms with Gasteiger partial charge in [0.05, 0.1) is 7.11 Å². The van der Waals surface area contributed by atoms with Crippen LogP contribution in [-0.4, -0.2) is 46.4 Å². The van der Waals surface area contributed by atoms with E-state index in [9.17, 15) is 18.4 Å². The molecule has 2 heterocycles. The Bertz CT molecular complexity index is 1030. The minimum atomic E-state index is -3.20. The third kappa shape index (κ3) is 5.96. The fourth-order valence-corrected chi connectivity index (χ4v) is 2.48. The molecule has 0 spiro atoms. The van der Waals surface area contributed by atoms with Crippen molar-refractivity contribution in [1.29, 1.82) is 0 Å². The number of ether oxygens (including phenoxy) is 2. The molecule has 1 aliphatic rings. The van der Waals surface area contributed by atoms with E-state index in [0.29, 0.717) is 5.56 Å². The summed E-state index contributed by atoms with van der Waals surface area (Å²) in [4.78, 5) is 36.2. The van der Waals surface area contributed by atoms with E-state index >= 15 is 0 Å². The Morgan fingerprint density at radius 1 is 1.31 bits per heavy atom. The van der Waals surface area contributed by atoms with Crippen molar-refractivity contribution in [3.8, 4) is 11.6 Å². The summed E-state index contributed by atoms with van der Waals surface area (Å²) in [5.41, 5.74) is 0.300. The van der Waals surface area contributed by atoms with Crippen LogP contribution < -0.4 is 20.1 Å². The molecule has 0 bridgehead atoms. The second-order valence-corrected chi connectivity index (χ2v) is 7.34. The molecule has 32 heavy (non-hydrogen) atoms. The number of anilines is 1. The first-order valence-corrected chi connectivity index (χ1v) is 9.81. The third-order valence-electron chi connectivity index (χ3n) is 4.63. The zero-order valence-corrected chi connectivity index (χ0v) is 17.7. The van der Waals surface area contributed by atoms with Gasteiger partial charge in [-0.1, -0.05) is 6.58 Å². The average Bonchev–Trinajstić information content (AvgIpc) is 3.62. The summed E-state index contributed by atoms with van der Waals surface area (Å²) in [6, 6.07) is 2.93. The van der Waals surface area contributed by atoms with Gasteiger partial charge in [0.15, 0.2) is 12.4 Å². The van der Waals surface area contributed by atoms with E-state index in [-0.39, 0.29) is 47.2 Å². The van der Waals surface area contributed by atoms with Gasteiger partial charge in [-0.05, 0) is 43.0 Å². The molecule has 0 radical (unpaired) electrons. The molecule has 0 aliphatic heterocycles. The van der Waals surface area contributed by atoms with Crippen molar-refractivity contribution in [2.45, 2.75) is 32.2 Å². The first kappa shape index (κ1) is 23.0. The molecule has 0 aromatic carbocycles. The molecule has 170 valence electrons. The number of nitrogens with one attached hydrogen (secondary N) is 2. The number of alkyl halides is 2. The van der Waals surface area contributed by atoms with Crippen molar-refractivity contribution in [3.63, 3.8) is 0 Å². The van der Waals surface area contributed by atoms with E-state index < -0.39 is 18.4 Å². The first-order chi connectivity index (χ1) is 15.2. The fourth-order valence-electron chi connectivity index (χ4n) is 2.48. The molecular weight excluding hydrogens is 424 g/mol. The van der Waals surface area contributed by atoms with Crippen LogP contribution in [0.4, 0.5) is 14.7 Å². The highest BCUT2D eigenvalue weighted by molar-refractivity contribution is 5.94. The van der Waals surface area contributed by atoms with Crippen molar-refractivity contribution in [3.05, 3.63) is 47.9 Å². The Labute approximate surface area is 183 Å². The van der Waals surface area contributed by atoms with Crippen LogP contribution >= 0.6 is 0 Å². The number of hydrogen-bond donors (Lipinski definition) is 2. The second kappa shape index (κ2) is 9.67. The van der Waals surface area contributed by atoms with Gasteiger partial charge in [0.2, 0.25) is 11.9 Å². The first-order valence-electron chi connectivity index (χ1n) is 9.81. The lowest BCUT2D eigenvalue weighted by molar-refractivity contribution is -0.117. The van der Waals surface area contributed by atoms with E-state index in [0.717, 1.165) is 12.8 Å². The highest BCUT2D eigenvalue weighted by Gasteiger charge is 2.32. The summed E-state index contributed by atoms with van der Waals surface area (Å²) in [5.74, 6) is -3.77. The van der Waals surface area contributed by atoms with Crippen LogP contribution in [0.5, 0.6) is 11.6 Å². The summed E-state index contributed by atoms with van der Waals surface area (Å²) in [5, 5.41) is 5.25. The number of aromatic nitrogens is 3. The second-order valence-electron chi connectivity index (χ2n) is 7.34. The molecule has 9 nitrogen and oxygen atoms in total. The van der Waals surface area contributed by atoms with Gasteiger partial charge in [0.25, 0.3) is 11.8 Å². The molecule has 1 saturated carbocycles. The Kier molecular flexibility index (Phi) is 6.96. The molecule has 0 atom stereocenters. The van der Waals surface area contributed by atoms with Crippen molar-refractivity contribution < 1.29 is 27.8 Å². The zero-order valence-electron chi connectivity index (χ0n) is 17.7. The van der Waals surface area contributed by atoms with E-state index in [1.807, 2.05) is 0 Å². The minimum Gasteiger partial charge on any atom is -0.491 e. The molecule has 0 unspecified atom stereocenters. The maximum atomic E-state index is 13.7. The number of halogens is 2. The third-order valence-corrected chi connectivity index (χ3v) is 4.63. The van der Waals surface area contributed by atoms with Crippen LogP contribution in [0.3, 0.4) is 0 Å². The number of carbonyl (C=O) groups is 2. The van der Waals surface area contributed by atoms with E-state index in [4.69, 9.17) is 9.47 Å². The summed E-state index contributed by atoms with van der Waals surface area (Å²) < 4.78 is 37.6. The van der Waals surface area contributed by atoms with Gasteiger partial charge in [0.1, 0.15) is 5.69 Å². The van der Waals surface area contributed by atoms with Gasteiger partial charge in [-0.3, -0.25) is 14.9 Å². The molecule has 11 heteroatoms. The average molecular weight is 447 g/mol. The highest BCUT2D eigenvalue weighted by Crippen LogP contribution is 2.30. The van der Waals surface area contributed by atoms with E-state index in [1.54, 1.807) is 0 Å². The lowest BCUT2D eigenvalue weighted by Gasteiger charge is -2.17. The van der Waals surface area contributed by atoms with Crippen molar-refractivity contribution >= 4 is 17.8 Å². The van der Waals surface area contributed by atoms with Crippen LogP contribution in [0, 0.1) is 5.92 Å². The standard InChI is InChI=1S/C21H23F2N5O4/c1-12(2)21(22,23)11-32-19-16(31-3)8-13(10-26-19)9-25-18(30)15-6-7-24-20(27-15)28-17(29)14-4-5-14/h6-8,10,14H,1,4-5,9,11H2,2-3H3,(H,25,30)(H,24,27,28,29). The summed E-state index contributed by atoms with van der Waals surface area (Å²) >= 11 is 0. The van der Waals surface area contributed by atoms with Gasteiger partial charge in [-0.2, -0.15) is 8.78 Å². The predicted octanol–water partition coefficient (Wildman–Crippen LogP) is 2.75. The van der Waals surface area contributed by atoms with Gasteiger partial charge in [0, 0.05) is 24.9 Å². The Morgan fingerprint density at radius 3 is 2.72 bits per heavy atom. The molecule has 2 aromatic rings. The number of rotatable bonds is 10. The van der Waals surface area contributed by atoms with Crippen LogP contribution in [0.2, 0.25) is 0 Å². The van der Waals surface area contributed by atoms with Crippen molar-refractivity contribution in [1.82, 2.24) is 20.3 Å². The van der Waals surface area contributed by atoms with Crippen LogP contribution in [0.1, 0.15) is 35.8 Å². The number of methoxy groups -OCH3 is 1. The Morgan fingerprint density at radius 2 is 2.06 bits per heavy atom. The van der Waals surface area contributed by atoms with Crippen molar-refractivity contribution in [2.24, 2.45) is 5.92 Å². The molecule has 2 N–H and O–H groups in total. The topological polar surface area (TPSA) is 115 Å². The molecule has 0 saturated heterocycles. The number of amides is 2. The predicted molar refractivity (Wildman–Crippen MR) is 111 cm³/mol. The maximum Gasteiger partial charge on any atom is 0.302 e. The largest absolute Gasteiger partial charge is 0.491 e. The molecule has 1 aliphatic carbocycles. The highest BCUT2D eigenvalue weighted by atomic mass is 19.3. The SMILES string of the molecule is C=C(C)C(F)(F)COc1ncc(CNC(=O)c2ccnc(NC(=O)C3CC3)n2)cc1OC. The van der Waals surface area contributed by atoms with Gasteiger partial charge < -0.3 is 14.8 Å². The Hall–Kier alpha value is -3.63. The fraction of sp³-hybridized carbons (Fsp3) is 0.381. The minimum absolute atomic E-state index is 0.0162. The summed E-state index contributed by atoms with van der Waals surface area (Å²) in [6.45, 7) is 3.60. The van der Waals surface area contributed by atoms with E-state index in [1.165, 1.54) is 38.6 Å².